The lowest BCUT2D eigenvalue weighted by Gasteiger charge is -2.28. The second-order valence-electron chi connectivity index (χ2n) is 9.93. The maximum Gasteiger partial charge on any atom is 0.455 e. The second kappa shape index (κ2) is 12.5. The van der Waals surface area contributed by atoms with E-state index >= 15 is 4.39 Å². The standard InChI is InChI=1S/C30H27F6N3O4/c1-28(31,26(41)37-18-29(32,33)30(34,35)36)27(42)38-24-22-13-6-5-11-20(22)21-12-7-8-14-23(21)39(25(24)40)15-16-43-17-19-9-3-2-4-10-19/h2-14,24H,15-18H2,1H3,(H,37,41)(H,38,42)/t24-,28?/m0/s1. The van der Waals surface area contributed by atoms with Gasteiger partial charge in [-0.05, 0) is 29.7 Å². The zero-order chi connectivity index (χ0) is 31.4. The lowest BCUT2D eigenvalue weighted by molar-refractivity contribution is -0.278. The predicted octanol–water partition coefficient (Wildman–Crippen LogP) is 5.12. The monoisotopic (exact) mass is 607 g/mol. The smallest absolute Gasteiger partial charge is 0.375 e. The molecule has 3 amide bonds. The number of carbonyl (C=O) groups excluding carboxylic acids is 3. The molecule has 0 saturated carbocycles. The Balaban J connectivity index is 1.58. The van der Waals surface area contributed by atoms with Gasteiger partial charge in [0.25, 0.3) is 23.4 Å². The topological polar surface area (TPSA) is 87.7 Å². The molecule has 1 aliphatic heterocycles. The van der Waals surface area contributed by atoms with Gasteiger partial charge in [0.2, 0.25) is 0 Å². The largest absolute Gasteiger partial charge is 0.455 e. The van der Waals surface area contributed by atoms with Crippen molar-refractivity contribution in [3.63, 3.8) is 0 Å². The van der Waals surface area contributed by atoms with Gasteiger partial charge in [0.1, 0.15) is 6.04 Å². The first-order chi connectivity index (χ1) is 20.2. The van der Waals surface area contributed by atoms with Gasteiger partial charge in [0.15, 0.2) is 0 Å². The molecule has 1 heterocycles. The third kappa shape index (κ3) is 6.82. The number of alkyl halides is 6. The highest BCUT2D eigenvalue weighted by Gasteiger charge is 2.58. The Morgan fingerprint density at radius 2 is 1.44 bits per heavy atom. The third-order valence-electron chi connectivity index (χ3n) is 6.85. The molecular formula is C30H27F6N3O4. The fraction of sp³-hybridized carbons (Fsp3) is 0.300. The molecule has 2 N–H and O–H groups in total. The molecule has 0 fully saturated rings. The van der Waals surface area contributed by atoms with Crippen molar-refractivity contribution in [3.8, 4) is 11.1 Å². The van der Waals surface area contributed by atoms with Crippen LogP contribution in [0.3, 0.4) is 0 Å². The van der Waals surface area contributed by atoms with Gasteiger partial charge in [-0.15, -0.1) is 0 Å². The fourth-order valence-electron chi connectivity index (χ4n) is 4.46. The van der Waals surface area contributed by atoms with Crippen LogP contribution in [-0.2, 0) is 25.7 Å². The minimum absolute atomic E-state index is 0.0168. The summed E-state index contributed by atoms with van der Waals surface area (Å²) in [5, 5.41) is 3.32. The molecule has 0 aromatic heterocycles. The van der Waals surface area contributed by atoms with E-state index in [-0.39, 0.29) is 25.3 Å². The molecule has 0 bridgehead atoms. The normalized spacial score (nSPS) is 16.4. The van der Waals surface area contributed by atoms with Crippen LogP contribution in [0.2, 0.25) is 0 Å². The lowest BCUT2D eigenvalue weighted by Crippen LogP contribution is -2.57. The number of halogens is 6. The van der Waals surface area contributed by atoms with Crippen LogP contribution in [0.4, 0.5) is 32.0 Å². The molecule has 7 nitrogen and oxygen atoms in total. The zero-order valence-corrected chi connectivity index (χ0v) is 22.8. The molecular weight excluding hydrogens is 580 g/mol. The minimum atomic E-state index is -6.00. The van der Waals surface area contributed by atoms with Crippen LogP contribution in [0.25, 0.3) is 11.1 Å². The van der Waals surface area contributed by atoms with Gasteiger partial charge >= 0.3 is 12.1 Å². The molecule has 0 aliphatic carbocycles. The molecule has 3 aromatic carbocycles. The maximum atomic E-state index is 15.4. The molecule has 0 radical (unpaired) electrons. The number of amides is 3. The highest BCUT2D eigenvalue weighted by molar-refractivity contribution is 6.11. The Hall–Kier alpha value is -4.39. The van der Waals surface area contributed by atoms with Crippen LogP contribution < -0.4 is 15.5 Å². The van der Waals surface area contributed by atoms with Crippen LogP contribution >= 0.6 is 0 Å². The van der Waals surface area contributed by atoms with Crippen LogP contribution in [0.5, 0.6) is 0 Å². The summed E-state index contributed by atoms with van der Waals surface area (Å²) in [7, 11) is 0. The van der Waals surface area contributed by atoms with Crippen molar-refractivity contribution in [2.45, 2.75) is 37.3 Å². The number of hydrogen-bond donors (Lipinski definition) is 2. The molecule has 43 heavy (non-hydrogen) atoms. The van der Waals surface area contributed by atoms with E-state index < -0.39 is 48.1 Å². The Morgan fingerprint density at radius 1 is 0.837 bits per heavy atom. The fourth-order valence-corrected chi connectivity index (χ4v) is 4.46. The van der Waals surface area contributed by atoms with Gasteiger partial charge in [-0.3, -0.25) is 14.4 Å². The summed E-state index contributed by atoms with van der Waals surface area (Å²) in [6, 6.07) is 21.0. The third-order valence-corrected chi connectivity index (χ3v) is 6.85. The molecule has 2 atom stereocenters. The highest BCUT2D eigenvalue weighted by atomic mass is 19.4. The average Bonchev–Trinajstić information content (AvgIpc) is 3.07. The van der Waals surface area contributed by atoms with Gasteiger partial charge in [-0.25, -0.2) is 4.39 Å². The van der Waals surface area contributed by atoms with E-state index in [0.29, 0.717) is 23.7 Å². The molecule has 228 valence electrons. The van der Waals surface area contributed by atoms with Crippen molar-refractivity contribution in [2.24, 2.45) is 0 Å². The predicted molar refractivity (Wildman–Crippen MR) is 145 cm³/mol. The summed E-state index contributed by atoms with van der Waals surface area (Å²) < 4.78 is 85.2. The van der Waals surface area contributed by atoms with E-state index in [0.717, 1.165) is 10.9 Å². The number of hydrogen-bond acceptors (Lipinski definition) is 4. The summed E-state index contributed by atoms with van der Waals surface area (Å²) in [4.78, 5) is 40.6. The summed E-state index contributed by atoms with van der Waals surface area (Å²) in [5.41, 5.74) is -0.868. The SMILES string of the molecule is CC(F)(C(=O)NCC(F)(F)C(F)(F)F)C(=O)N[C@@H]1C(=O)N(CCOCc2ccccc2)c2ccccc2-c2ccccc21. The molecule has 0 spiro atoms. The van der Waals surface area contributed by atoms with Crippen molar-refractivity contribution < 1.29 is 45.5 Å². The Bertz CT molecular complexity index is 1480. The maximum absolute atomic E-state index is 15.4. The summed E-state index contributed by atoms with van der Waals surface area (Å²) >= 11 is 0. The summed E-state index contributed by atoms with van der Waals surface area (Å²) in [5.74, 6) is -9.81. The van der Waals surface area contributed by atoms with Crippen LogP contribution in [0.1, 0.15) is 24.1 Å². The number of fused-ring (bicyclic) bond motifs is 3. The van der Waals surface area contributed by atoms with E-state index in [9.17, 15) is 36.3 Å². The number of benzene rings is 3. The van der Waals surface area contributed by atoms with Gasteiger partial charge in [0.05, 0.1) is 25.4 Å². The number of carbonyl (C=O) groups is 3. The van der Waals surface area contributed by atoms with E-state index in [1.165, 1.54) is 11.0 Å². The van der Waals surface area contributed by atoms with Crippen LogP contribution in [-0.4, -0.2) is 55.2 Å². The first kappa shape index (κ1) is 31.5. The van der Waals surface area contributed by atoms with E-state index in [2.05, 4.69) is 5.32 Å². The number of rotatable bonds is 10. The van der Waals surface area contributed by atoms with Gasteiger partial charge in [-0.2, -0.15) is 22.0 Å². The van der Waals surface area contributed by atoms with Gasteiger partial charge in [-0.1, -0.05) is 72.8 Å². The first-order valence-electron chi connectivity index (χ1n) is 13.1. The van der Waals surface area contributed by atoms with Crippen LogP contribution in [0.15, 0.2) is 78.9 Å². The molecule has 13 heteroatoms. The first-order valence-corrected chi connectivity index (χ1v) is 13.1. The zero-order valence-electron chi connectivity index (χ0n) is 22.8. The Labute approximate surface area is 242 Å². The molecule has 0 saturated heterocycles. The second-order valence-corrected chi connectivity index (χ2v) is 9.93. The van der Waals surface area contributed by atoms with Gasteiger partial charge in [0, 0.05) is 12.1 Å². The molecule has 1 aliphatic rings. The van der Waals surface area contributed by atoms with Crippen molar-refractivity contribution >= 4 is 23.4 Å². The van der Waals surface area contributed by atoms with E-state index in [1.807, 2.05) is 30.3 Å². The number of ether oxygens (including phenoxy) is 1. The quantitative estimate of drug-likeness (QED) is 0.191. The van der Waals surface area contributed by atoms with Crippen molar-refractivity contribution in [1.29, 1.82) is 0 Å². The Kier molecular flexibility index (Phi) is 9.14. The van der Waals surface area contributed by atoms with Crippen molar-refractivity contribution in [1.82, 2.24) is 10.6 Å². The van der Waals surface area contributed by atoms with Crippen molar-refractivity contribution in [2.75, 3.05) is 24.6 Å². The molecule has 4 rings (SSSR count). The van der Waals surface area contributed by atoms with Crippen LogP contribution in [0, 0.1) is 0 Å². The van der Waals surface area contributed by atoms with Crippen molar-refractivity contribution in [3.05, 3.63) is 90.0 Å². The number of nitrogens with one attached hydrogen (secondary N) is 2. The average molecular weight is 608 g/mol. The summed E-state index contributed by atoms with van der Waals surface area (Å²) in [6.07, 6.45) is -6.00. The Morgan fingerprint density at radius 3 is 2.12 bits per heavy atom. The minimum Gasteiger partial charge on any atom is -0.375 e. The molecule has 3 aromatic rings. The number of anilines is 1. The van der Waals surface area contributed by atoms with E-state index in [4.69, 9.17) is 4.74 Å². The van der Waals surface area contributed by atoms with Gasteiger partial charge < -0.3 is 20.3 Å². The van der Waals surface area contributed by atoms with E-state index in [1.54, 1.807) is 42.5 Å². The summed E-state index contributed by atoms with van der Waals surface area (Å²) in [6.45, 7) is -1.53. The highest BCUT2D eigenvalue weighted by Crippen LogP contribution is 2.40. The molecule has 1 unspecified atom stereocenters. The number of nitrogens with zero attached hydrogens (tertiary/aromatic N) is 1. The lowest BCUT2D eigenvalue weighted by atomic mass is 9.94. The number of para-hydroxylation sites is 1.